The molecule has 4 rings (SSSR count). The molecule has 0 bridgehead atoms. The second-order valence-electron chi connectivity index (χ2n) is 7.03. The molecule has 1 aromatic heterocycles. The van der Waals surface area contributed by atoms with Crippen LogP contribution in [0.1, 0.15) is 31.4 Å². The maximum absolute atomic E-state index is 13.4. The summed E-state index contributed by atoms with van der Waals surface area (Å²) in [7, 11) is 0. The zero-order chi connectivity index (χ0) is 18.8. The van der Waals surface area contributed by atoms with Crippen LogP contribution in [0, 0.1) is 11.7 Å². The second-order valence-corrected chi connectivity index (χ2v) is 8.04. The summed E-state index contributed by atoms with van der Waals surface area (Å²) in [6.07, 6.45) is 1.82. The SMILES string of the molecule is CC(NC(=O)C1CCCN(c2nc3ccc(F)cc3s2)C1)c1ccccc1. The van der Waals surface area contributed by atoms with Crippen molar-refractivity contribution in [2.75, 3.05) is 18.0 Å². The second kappa shape index (κ2) is 7.64. The predicted molar refractivity (Wildman–Crippen MR) is 108 cm³/mol. The van der Waals surface area contributed by atoms with Gasteiger partial charge in [-0.1, -0.05) is 41.7 Å². The van der Waals surface area contributed by atoms with Crippen molar-refractivity contribution in [3.05, 3.63) is 59.9 Å². The van der Waals surface area contributed by atoms with Gasteiger partial charge in [0, 0.05) is 13.1 Å². The molecule has 0 radical (unpaired) electrons. The lowest BCUT2D eigenvalue weighted by Gasteiger charge is -2.32. The molecule has 140 valence electrons. The Bertz CT molecular complexity index is 943. The van der Waals surface area contributed by atoms with E-state index in [1.54, 1.807) is 6.07 Å². The van der Waals surface area contributed by atoms with Gasteiger partial charge >= 0.3 is 0 Å². The van der Waals surface area contributed by atoms with Crippen molar-refractivity contribution in [2.24, 2.45) is 5.92 Å². The van der Waals surface area contributed by atoms with Gasteiger partial charge in [0.2, 0.25) is 5.91 Å². The number of hydrogen-bond donors (Lipinski definition) is 1. The number of thiazole rings is 1. The van der Waals surface area contributed by atoms with Crippen molar-refractivity contribution in [3.8, 4) is 0 Å². The Labute approximate surface area is 162 Å². The quantitative estimate of drug-likeness (QED) is 0.720. The Hall–Kier alpha value is -2.47. The molecule has 0 saturated carbocycles. The molecule has 0 spiro atoms. The monoisotopic (exact) mass is 383 g/mol. The number of rotatable bonds is 4. The first kappa shape index (κ1) is 17.9. The molecule has 2 unspecified atom stereocenters. The van der Waals surface area contributed by atoms with Crippen LogP contribution in [-0.2, 0) is 4.79 Å². The van der Waals surface area contributed by atoms with Crippen molar-refractivity contribution < 1.29 is 9.18 Å². The first-order valence-electron chi connectivity index (χ1n) is 9.26. The van der Waals surface area contributed by atoms with Crippen LogP contribution in [0.2, 0.25) is 0 Å². The normalized spacial score (nSPS) is 18.4. The minimum atomic E-state index is -0.247. The lowest BCUT2D eigenvalue weighted by atomic mass is 9.96. The fourth-order valence-corrected chi connectivity index (χ4v) is 4.57. The standard InChI is InChI=1S/C21H22FN3OS/c1-14(15-6-3-2-4-7-15)23-20(26)16-8-5-11-25(13-16)21-24-18-10-9-17(22)12-19(18)27-21/h2-4,6-7,9-10,12,14,16H,5,8,11,13H2,1H3,(H,23,26). The number of fused-ring (bicyclic) bond motifs is 1. The van der Waals surface area contributed by atoms with Gasteiger partial charge in [-0.2, -0.15) is 0 Å². The Balaban J connectivity index is 1.44. The molecule has 6 heteroatoms. The fraction of sp³-hybridized carbons (Fsp3) is 0.333. The minimum Gasteiger partial charge on any atom is -0.349 e. The van der Waals surface area contributed by atoms with E-state index in [1.165, 1.54) is 23.5 Å². The van der Waals surface area contributed by atoms with E-state index in [-0.39, 0.29) is 23.7 Å². The van der Waals surface area contributed by atoms with Gasteiger partial charge in [0.15, 0.2) is 5.13 Å². The number of amides is 1. The van der Waals surface area contributed by atoms with E-state index in [1.807, 2.05) is 37.3 Å². The Kier molecular flexibility index (Phi) is 5.07. The third-order valence-electron chi connectivity index (χ3n) is 5.06. The minimum absolute atomic E-state index is 0.0143. The van der Waals surface area contributed by atoms with E-state index in [0.717, 1.165) is 40.3 Å². The van der Waals surface area contributed by atoms with E-state index in [4.69, 9.17) is 0 Å². The van der Waals surface area contributed by atoms with E-state index in [0.29, 0.717) is 6.54 Å². The van der Waals surface area contributed by atoms with Crippen LogP contribution >= 0.6 is 11.3 Å². The zero-order valence-electron chi connectivity index (χ0n) is 15.2. The molecule has 3 aromatic rings. The van der Waals surface area contributed by atoms with Gasteiger partial charge in [-0.25, -0.2) is 9.37 Å². The summed E-state index contributed by atoms with van der Waals surface area (Å²) < 4.78 is 14.3. The van der Waals surface area contributed by atoms with Crippen molar-refractivity contribution >= 4 is 32.6 Å². The van der Waals surface area contributed by atoms with Crippen molar-refractivity contribution in [2.45, 2.75) is 25.8 Å². The third-order valence-corrected chi connectivity index (χ3v) is 6.14. The summed E-state index contributed by atoms with van der Waals surface area (Å²) in [5.74, 6) is -0.222. The summed E-state index contributed by atoms with van der Waals surface area (Å²) in [4.78, 5) is 19.6. The van der Waals surface area contributed by atoms with Crippen LogP contribution in [0.5, 0.6) is 0 Å². The number of carbonyl (C=O) groups is 1. The van der Waals surface area contributed by atoms with E-state index < -0.39 is 0 Å². The summed E-state index contributed by atoms with van der Waals surface area (Å²) >= 11 is 1.49. The summed E-state index contributed by atoms with van der Waals surface area (Å²) in [5, 5.41) is 4.00. The highest BCUT2D eigenvalue weighted by Gasteiger charge is 2.28. The maximum Gasteiger partial charge on any atom is 0.225 e. The van der Waals surface area contributed by atoms with Crippen molar-refractivity contribution in [1.82, 2.24) is 10.3 Å². The van der Waals surface area contributed by atoms with Crippen molar-refractivity contribution in [3.63, 3.8) is 0 Å². The number of benzene rings is 2. The molecule has 2 heterocycles. The molecule has 1 saturated heterocycles. The van der Waals surface area contributed by atoms with Crippen LogP contribution in [0.3, 0.4) is 0 Å². The Morgan fingerprint density at radius 3 is 2.93 bits per heavy atom. The van der Waals surface area contributed by atoms with Gasteiger partial charge in [-0.15, -0.1) is 0 Å². The number of nitrogens with one attached hydrogen (secondary N) is 1. The molecule has 1 aliphatic rings. The lowest BCUT2D eigenvalue weighted by molar-refractivity contribution is -0.125. The number of piperidine rings is 1. The van der Waals surface area contributed by atoms with Crippen LogP contribution in [0.15, 0.2) is 48.5 Å². The summed E-state index contributed by atoms with van der Waals surface area (Å²) in [6.45, 7) is 3.53. The summed E-state index contributed by atoms with van der Waals surface area (Å²) in [6, 6.07) is 14.6. The van der Waals surface area contributed by atoms with Gasteiger partial charge in [-0.3, -0.25) is 4.79 Å². The van der Waals surface area contributed by atoms with Gasteiger partial charge < -0.3 is 10.2 Å². The zero-order valence-corrected chi connectivity index (χ0v) is 16.0. The molecule has 1 N–H and O–H groups in total. The molecular formula is C21H22FN3OS. The van der Waals surface area contributed by atoms with Crippen LogP contribution in [0.25, 0.3) is 10.2 Å². The molecule has 2 atom stereocenters. The molecule has 1 aliphatic heterocycles. The molecule has 4 nitrogen and oxygen atoms in total. The van der Waals surface area contributed by atoms with E-state index >= 15 is 0 Å². The summed E-state index contributed by atoms with van der Waals surface area (Å²) in [5.41, 5.74) is 1.91. The van der Waals surface area contributed by atoms with Gasteiger partial charge in [0.1, 0.15) is 5.82 Å². The number of hydrogen-bond acceptors (Lipinski definition) is 4. The highest BCUT2D eigenvalue weighted by molar-refractivity contribution is 7.22. The molecule has 27 heavy (non-hydrogen) atoms. The number of carbonyl (C=O) groups excluding carboxylic acids is 1. The lowest BCUT2D eigenvalue weighted by Crippen LogP contribution is -2.43. The molecule has 1 fully saturated rings. The van der Waals surface area contributed by atoms with Crippen LogP contribution in [0.4, 0.5) is 9.52 Å². The largest absolute Gasteiger partial charge is 0.349 e. The highest BCUT2D eigenvalue weighted by atomic mass is 32.1. The number of halogens is 1. The maximum atomic E-state index is 13.4. The highest BCUT2D eigenvalue weighted by Crippen LogP contribution is 2.32. The van der Waals surface area contributed by atoms with E-state index in [9.17, 15) is 9.18 Å². The molecule has 2 aromatic carbocycles. The average Bonchev–Trinajstić information content (AvgIpc) is 3.12. The first-order chi connectivity index (χ1) is 13.1. The van der Waals surface area contributed by atoms with Crippen LogP contribution < -0.4 is 10.2 Å². The average molecular weight is 383 g/mol. The topological polar surface area (TPSA) is 45.2 Å². The van der Waals surface area contributed by atoms with Gasteiger partial charge in [0.25, 0.3) is 0 Å². The number of anilines is 1. The van der Waals surface area contributed by atoms with Gasteiger partial charge in [-0.05, 0) is 43.5 Å². The number of aromatic nitrogens is 1. The van der Waals surface area contributed by atoms with E-state index in [2.05, 4.69) is 15.2 Å². The third kappa shape index (κ3) is 3.95. The van der Waals surface area contributed by atoms with Gasteiger partial charge in [0.05, 0.1) is 22.2 Å². The Morgan fingerprint density at radius 1 is 1.30 bits per heavy atom. The predicted octanol–water partition coefficient (Wildman–Crippen LogP) is 4.53. The molecule has 1 amide bonds. The smallest absolute Gasteiger partial charge is 0.225 e. The molecule has 0 aliphatic carbocycles. The first-order valence-corrected chi connectivity index (χ1v) is 10.1. The van der Waals surface area contributed by atoms with Crippen LogP contribution in [-0.4, -0.2) is 24.0 Å². The Morgan fingerprint density at radius 2 is 2.11 bits per heavy atom. The van der Waals surface area contributed by atoms with Crippen molar-refractivity contribution in [1.29, 1.82) is 0 Å². The number of nitrogens with zero attached hydrogens (tertiary/aromatic N) is 2. The fourth-order valence-electron chi connectivity index (χ4n) is 3.54. The molecular weight excluding hydrogens is 361 g/mol.